The predicted molar refractivity (Wildman–Crippen MR) is 67.3 cm³/mol. The zero-order chi connectivity index (χ0) is 12.2. The molecule has 0 aromatic heterocycles. The van der Waals surface area contributed by atoms with Gasteiger partial charge < -0.3 is 15.7 Å². The summed E-state index contributed by atoms with van der Waals surface area (Å²) < 4.78 is 0. The van der Waals surface area contributed by atoms with Crippen molar-refractivity contribution in [3.05, 3.63) is 0 Å². The quantitative estimate of drug-likeness (QED) is 0.707. The Labute approximate surface area is 106 Å². The van der Waals surface area contributed by atoms with E-state index in [-0.39, 0.29) is 24.1 Å². The van der Waals surface area contributed by atoms with E-state index in [1.807, 2.05) is 4.90 Å². The molecule has 0 aromatic carbocycles. The lowest BCUT2D eigenvalue weighted by Gasteiger charge is -2.39. The molecule has 17 heavy (non-hydrogen) atoms. The van der Waals surface area contributed by atoms with Crippen LogP contribution in [0.15, 0.2) is 0 Å². The Morgan fingerprint density at radius 2 is 1.82 bits per heavy atom. The topological polar surface area (TPSA) is 66.6 Å². The molecule has 2 bridgehead atoms. The first-order chi connectivity index (χ1) is 8.04. The van der Waals surface area contributed by atoms with E-state index < -0.39 is 5.41 Å². The van der Waals surface area contributed by atoms with Gasteiger partial charge in [0.1, 0.15) is 0 Å². The minimum atomic E-state index is -0.529. The first-order valence-corrected chi connectivity index (χ1v) is 6.76. The number of fused-ring (bicyclic) bond motifs is 2. The van der Waals surface area contributed by atoms with Gasteiger partial charge in [-0.05, 0) is 38.5 Å². The van der Waals surface area contributed by atoms with Crippen LogP contribution in [0, 0.1) is 5.41 Å². The molecule has 0 radical (unpaired) electrons. The summed E-state index contributed by atoms with van der Waals surface area (Å²) in [6.07, 6.45) is 4.84. The highest BCUT2D eigenvalue weighted by Gasteiger charge is 2.58. The highest BCUT2D eigenvalue weighted by molar-refractivity contribution is 7.80. The Kier molecular flexibility index (Phi) is 2.45. The number of aliphatic hydroxyl groups is 1. The molecule has 2 aliphatic heterocycles. The average molecular weight is 254 g/mol. The number of hydrogen-bond acceptors (Lipinski definition) is 3. The van der Waals surface area contributed by atoms with Crippen LogP contribution in [0.1, 0.15) is 38.5 Å². The van der Waals surface area contributed by atoms with Gasteiger partial charge in [-0.25, -0.2) is 0 Å². The van der Waals surface area contributed by atoms with Gasteiger partial charge in [0.15, 0.2) is 0 Å². The van der Waals surface area contributed by atoms with Crippen molar-refractivity contribution in [2.45, 2.75) is 56.7 Å². The Bertz CT molecular complexity index is 367. The van der Waals surface area contributed by atoms with Gasteiger partial charge in [0.05, 0.1) is 16.5 Å². The van der Waals surface area contributed by atoms with E-state index in [1.165, 1.54) is 0 Å². The first kappa shape index (κ1) is 11.4. The van der Waals surface area contributed by atoms with Crippen molar-refractivity contribution in [2.24, 2.45) is 11.1 Å². The number of nitrogens with two attached hydrogens (primary N) is 1. The molecule has 3 fully saturated rings. The number of amides is 1. The third kappa shape index (κ3) is 1.59. The number of carbonyl (C=O) groups excluding carboxylic acids is 1. The molecule has 2 unspecified atom stereocenters. The summed E-state index contributed by atoms with van der Waals surface area (Å²) in [7, 11) is 0. The summed E-state index contributed by atoms with van der Waals surface area (Å²) in [5, 5.41) is 9.73. The Balaban J connectivity index is 1.82. The largest absolute Gasteiger partial charge is 0.393 e. The second-order valence-electron chi connectivity index (χ2n) is 5.67. The number of nitrogens with zero attached hydrogens (tertiary/aromatic N) is 1. The molecule has 3 N–H and O–H groups in total. The Hall–Kier alpha value is -0.680. The van der Waals surface area contributed by atoms with E-state index in [1.54, 1.807) is 0 Å². The van der Waals surface area contributed by atoms with Gasteiger partial charge in [-0.3, -0.25) is 4.79 Å². The second-order valence-corrected chi connectivity index (χ2v) is 6.11. The SMILES string of the molecule is NC(=S)C1(C(=O)N2C3CCC2CC(O)C3)CC1. The summed E-state index contributed by atoms with van der Waals surface area (Å²) in [5.74, 6) is 0.129. The van der Waals surface area contributed by atoms with E-state index in [9.17, 15) is 9.90 Å². The van der Waals surface area contributed by atoms with Gasteiger partial charge in [0.2, 0.25) is 5.91 Å². The predicted octanol–water partition coefficient (Wildman–Crippen LogP) is 0.567. The van der Waals surface area contributed by atoms with Crippen LogP contribution in [0.25, 0.3) is 0 Å². The van der Waals surface area contributed by atoms with Gasteiger partial charge in [0.25, 0.3) is 0 Å². The van der Waals surface area contributed by atoms with Crippen LogP contribution in [0.4, 0.5) is 0 Å². The highest BCUT2D eigenvalue weighted by atomic mass is 32.1. The molecule has 5 heteroatoms. The minimum absolute atomic E-state index is 0.129. The summed E-state index contributed by atoms with van der Waals surface area (Å²) in [6, 6.07) is 0.422. The highest BCUT2D eigenvalue weighted by Crippen LogP contribution is 2.50. The van der Waals surface area contributed by atoms with Crippen molar-refractivity contribution in [1.82, 2.24) is 4.90 Å². The summed E-state index contributed by atoms with van der Waals surface area (Å²) in [4.78, 5) is 14.9. The van der Waals surface area contributed by atoms with Gasteiger partial charge in [0, 0.05) is 12.1 Å². The zero-order valence-corrected chi connectivity index (χ0v) is 10.6. The maximum Gasteiger partial charge on any atom is 0.236 e. The van der Waals surface area contributed by atoms with E-state index in [4.69, 9.17) is 18.0 Å². The molecule has 2 atom stereocenters. The standard InChI is InChI=1S/C12H18N2O2S/c13-10(17)12(3-4-12)11(16)14-7-1-2-8(14)6-9(15)5-7/h7-9,15H,1-6H2,(H2,13,17). The molecule has 3 aliphatic rings. The van der Waals surface area contributed by atoms with E-state index in [0.29, 0.717) is 4.99 Å². The van der Waals surface area contributed by atoms with Crippen molar-refractivity contribution in [2.75, 3.05) is 0 Å². The van der Waals surface area contributed by atoms with E-state index >= 15 is 0 Å². The number of thiocarbonyl (C=S) groups is 1. The zero-order valence-electron chi connectivity index (χ0n) is 9.76. The fourth-order valence-corrected chi connectivity index (χ4v) is 3.71. The molecule has 3 rings (SSSR count). The van der Waals surface area contributed by atoms with Crippen LogP contribution < -0.4 is 5.73 Å². The molecule has 0 aromatic rings. The molecule has 1 amide bonds. The van der Waals surface area contributed by atoms with Crippen LogP contribution in [-0.4, -0.2) is 39.1 Å². The monoisotopic (exact) mass is 254 g/mol. The summed E-state index contributed by atoms with van der Waals surface area (Å²) >= 11 is 5.04. The van der Waals surface area contributed by atoms with Crippen LogP contribution in [-0.2, 0) is 4.79 Å². The molecule has 0 spiro atoms. The van der Waals surface area contributed by atoms with Crippen LogP contribution in [0.2, 0.25) is 0 Å². The van der Waals surface area contributed by atoms with Crippen LogP contribution in [0.3, 0.4) is 0 Å². The average Bonchev–Trinajstić information content (AvgIpc) is 3.01. The minimum Gasteiger partial charge on any atom is -0.393 e. The smallest absolute Gasteiger partial charge is 0.236 e. The van der Waals surface area contributed by atoms with Crippen LogP contribution >= 0.6 is 12.2 Å². The lowest BCUT2D eigenvalue weighted by atomic mass is 9.96. The molecule has 94 valence electrons. The molecule has 1 aliphatic carbocycles. The van der Waals surface area contributed by atoms with Crippen molar-refractivity contribution < 1.29 is 9.90 Å². The van der Waals surface area contributed by atoms with Crippen molar-refractivity contribution >= 4 is 23.1 Å². The van der Waals surface area contributed by atoms with Crippen molar-refractivity contribution in [3.8, 4) is 0 Å². The molecular weight excluding hydrogens is 236 g/mol. The van der Waals surface area contributed by atoms with Crippen molar-refractivity contribution in [3.63, 3.8) is 0 Å². The summed E-state index contributed by atoms with van der Waals surface area (Å²) in [6.45, 7) is 0. The molecule has 4 nitrogen and oxygen atoms in total. The normalized spacial score (nSPS) is 37.9. The molecular formula is C12H18N2O2S. The van der Waals surface area contributed by atoms with E-state index in [0.717, 1.165) is 38.5 Å². The maximum absolute atomic E-state index is 12.6. The van der Waals surface area contributed by atoms with Gasteiger partial charge in [-0.2, -0.15) is 0 Å². The fourth-order valence-electron chi connectivity index (χ4n) is 3.42. The number of carbonyl (C=O) groups is 1. The number of hydrogen-bond donors (Lipinski definition) is 2. The maximum atomic E-state index is 12.6. The number of aliphatic hydroxyl groups excluding tert-OH is 1. The molecule has 1 saturated carbocycles. The molecule has 2 saturated heterocycles. The first-order valence-electron chi connectivity index (χ1n) is 6.35. The number of piperidine rings is 1. The lowest BCUT2D eigenvalue weighted by Crippen LogP contribution is -2.52. The third-order valence-corrected chi connectivity index (χ3v) is 4.96. The van der Waals surface area contributed by atoms with Gasteiger partial charge in [-0.1, -0.05) is 12.2 Å². The lowest BCUT2D eigenvalue weighted by molar-refractivity contribution is -0.140. The summed E-state index contributed by atoms with van der Waals surface area (Å²) in [5.41, 5.74) is 5.18. The van der Waals surface area contributed by atoms with Gasteiger partial charge in [-0.15, -0.1) is 0 Å². The van der Waals surface area contributed by atoms with Crippen molar-refractivity contribution in [1.29, 1.82) is 0 Å². The number of rotatable bonds is 2. The van der Waals surface area contributed by atoms with Crippen LogP contribution in [0.5, 0.6) is 0 Å². The Morgan fingerprint density at radius 3 is 2.24 bits per heavy atom. The van der Waals surface area contributed by atoms with Gasteiger partial charge >= 0.3 is 0 Å². The molecule has 2 heterocycles. The third-order valence-electron chi connectivity index (χ3n) is 4.57. The fraction of sp³-hybridized carbons (Fsp3) is 0.833. The van der Waals surface area contributed by atoms with E-state index in [2.05, 4.69) is 0 Å². The Morgan fingerprint density at radius 1 is 1.29 bits per heavy atom. The second kappa shape index (κ2) is 3.65.